The van der Waals surface area contributed by atoms with Gasteiger partial charge in [-0.2, -0.15) is 5.26 Å². The van der Waals surface area contributed by atoms with E-state index in [1.165, 1.54) is 0 Å². The van der Waals surface area contributed by atoms with E-state index in [0.717, 1.165) is 38.2 Å². The smallest absolute Gasteiger partial charge is 0.145 e. The molecule has 0 N–H and O–H groups in total. The summed E-state index contributed by atoms with van der Waals surface area (Å²) in [6.07, 6.45) is 4.56. The lowest BCUT2D eigenvalue weighted by molar-refractivity contribution is 0.0844. The molecule has 1 aromatic heterocycles. The second-order valence-corrected chi connectivity index (χ2v) is 4.32. The van der Waals surface area contributed by atoms with Gasteiger partial charge in [0, 0.05) is 31.0 Å². The van der Waals surface area contributed by atoms with Crippen LogP contribution in [0.5, 0.6) is 0 Å². The zero-order valence-corrected chi connectivity index (χ0v) is 10.1. The maximum absolute atomic E-state index is 9.03. The number of nitriles is 1. The maximum atomic E-state index is 9.03. The summed E-state index contributed by atoms with van der Waals surface area (Å²) in [4.78, 5) is 8.76. The van der Waals surface area contributed by atoms with Crippen LogP contribution in [-0.4, -0.2) is 23.2 Å². The molecule has 4 nitrogen and oxygen atoms in total. The van der Waals surface area contributed by atoms with Gasteiger partial charge in [-0.05, 0) is 25.3 Å². The van der Waals surface area contributed by atoms with E-state index in [2.05, 4.69) is 16.0 Å². The topological polar surface area (TPSA) is 58.8 Å². The van der Waals surface area contributed by atoms with Crippen LogP contribution in [0.1, 0.15) is 49.5 Å². The summed E-state index contributed by atoms with van der Waals surface area (Å²) in [5.74, 6) is 0.940. The molecule has 1 aliphatic heterocycles. The largest absolute Gasteiger partial charge is 0.381 e. The van der Waals surface area contributed by atoms with Crippen LogP contribution < -0.4 is 0 Å². The van der Waals surface area contributed by atoms with Crippen molar-refractivity contribution in [1.82, 2.24) is 9.97 Å². The predicted octanol–water partition coefficient (Wildman–Crippen LogP) is 2.39. The summed E-state index contributed by atoms with van der Waals surface area (Å²) in [5, 5.41) is 9.03. The Morgan fingerprint density at radius 1 is 1.53 bits per heavy atom. The van der Waals surface area contributed by atoms with Crippen LogP contribution in [0.4, 0.5) is 0 Å². The summed E-state index contributed by atoms with van der Waals surface area (Å²) in [6, 6.07) is 4.21. The highest BCUT2D eigenvalue weighted by atomic mass is 16.5. The molecule has 2 rings (SSSR count). The number of nitrogens with zero attached hydrogens (tertiary/aromatic N) is 3. The molecule has 0 aromatic carbocycles. The zero-order valence-electron chi connectivity index (χ0n) is 10.1. The van der Waals surface area contributed by atoms with Crippen molar-refractivity contribution in [3.63, 3.8) is 0 Å². The zero-order chi connectivity index (χ0) is 12.1. The molecule has 1 unspecified atom stereocenters. The van der Waals surface area contributed by atoms with Gasteiger partial charge in [0.2, 0.25) is 0 Å². The van der Waals surface area contributed by atoms with Gasteiger partial charge in [0.05, 0.1) is 6.07 Å². The monoisotopic (exact) mass is 231 g/mol. The first-order valence-electron chi connectivity index (χ1n) is 6.15. The average Bonchev–Trinajstić information content (AvgIpc) is 2.42. The number of rotatable bonds is 3. The minimum Gasteiger partial charge on any atom is -0.381 e. The van der Waals surface area contributed by atoms with Crippen LogP contribution in [0.3, 0.4) is 0 Å². The van der Waals surface area contributed by atoms with Gasteiger partial charge in [0.25, 0.3) is 0 Å². The van der Waals surface area contributed by atoms with E-state index < -0.39 is 0 Å². The van der Waals surface area contributed by atoms with E-state index in [-0.39, 0.29) is 5.92 Å². The minimum atomic E-state index is -0.185. The molecule has 1 fully saturated rings. The first kappa shape index (κ1) is 12.0. The van der Waals surface area contributed by atoms with Gasteiger partial charge in [-0.1, -0.05) is 6.92 Å². The third-order valence-electron chi connectivity index (χ3n) is 3.21. The Labute approximate surface area is 102 Å². The van der Waals surface area contributed by atoms with E-state index in [1.807, 2.05) is 13.0 Å². The standard InChI is InChI=1S/C13H17N3O/c1-2-10(9-14)13-15-6-3-12(16-13)11-4-7-17-8-5-11/h3,6,10-11H,2,4-5,7-8H2,1H3. The lowest BCUT2D eigenvalue weighted by Crippen LogP contribution is -2.16. The number of hydrogen-bond acceptors (Lipinski definition) is 4. The minimum absolute atomic E-state index is 0.185. The lowest BCUT2D eigenvalue weighted by atomic mass is 9.96. The summed E-state index contributed by atoms with van der Waals surface area (Å²) < 4.78 is 5.35. The van der Waals surface area contributed by atoms with E-state index in [1.54, 1.807) is 6.20 Å². The van der Waals surface area contributed by atoms with E-state index in [9.17, 15) is 0 Å². The molecule has 1 aliphatic rings. The van der Waals surface area contributed by atoms with Gasteiger partial charge >= 0.3 is 0 Å². The summed E-state index contributed by atoms with van der Waals surface area (Å²) in [6.45, 7) is 3.59. The van der Waals surface area contributed by atoms with Crippen LogP contribution in [0, 0.1) is 11.3 Å². The molecular formula is C13H17N3O. The highest BCUT2D eigenvalue weighted by Gasteiger charge is 2.19. The van der Waals surface area contributed by atoms with Crippen molar-refractivity contribution < 1.29 is 4.74 Å². The molecule has 0 saturated carbocycles. The van der Waals surface area contributed by atoms with Crippen LogP contribution in [-0.2, 0) is 4.74 Å². The van der Waals surface area contributed by atoms with Crippen molar-refractivity contribution in [3.05, 3.63) is 23.8 Å². The van der Waals surface area contributed by atoms with Crippen molar-refractivity contribution in [1.29, 1.82) is 5.26 Å². The lowest BCUT2D eigenvalue weighted by Gasteiger charge is -2.21. The maximum Gasteiger partial charge on any atom is 0.145 e. The molecular weight excluding hydrogens is 214 g/mol. The second-order valence-electron chi connectivity index (χ2n) is 4.32. The molecule has 0 radical (unpaired) electrons. The first-order chi connectivity index (χ1) is 8.35. The number of hydrogen-bond donors (Lipinski definition) is 0. The van der Waals surface area contributed by atoms with Gasteiger partial charge < -0.3 is 4.74 Å². The van der Waals surface area contributed by atoms with Crippen LogP contribution >= 0.6 is 0 Å². The third-order valence-corrected chi connectivity index (χ3v) is 3.21. The quantitative estimate of drug-likeness (QED) is 0.801. The van der Waals surface area contributed by atoms with Crippen LogP contribution in [0.2, 0.25) is 0 Å². The fourth-order valence-electron chi connectivity index (χ4n) is 2.11. The Kier molecular flexibility index (Phi) is 4.05. The molecule has 1 atom stereocenters. The Hall–Kier alpha value is -1.47. The summed E-state index contributed by atoms with van der Waals surface area (Å²) in [5.41, 5.74) is 1.06. The highest BCUT2D eigenvalue weighted by Crippen LogP contribution is 2.26. The Morgan fingerprint density at radius 3 is 2.94 bits per heavy atom. The normalized spacial score (nSPS) is 18.6. The fourth-order valence-corrected chi connectivity index (χ4v) is 2.11. The fraction of sp³-hybridized carbons (Fsp3) is 0.615. The Balaban J connectivity index is 2.18. The molecule has 17 heavy (non-hydrogen) atoms. The molecule has 90 valence electrons. The molecule has 4 heteroatoms. The van der Waals surface area contributed by atoms with Crippen molar-refractivity contribution >= 4 is 0 Å². The second kappa shape index (κ2) is 5.74. The van der Waals surface area contributed by atoms with Gasteiger partial charge in [-0.15, -0.1) is 0 Å². The molecule has 2 heterocycles. The molecule has 0 amide bonds. The third kappa shape index (κ3) is 2.80. The van der Waals surface area contributed by atoms with E-state index >= 15 is 0 Å². The molecule has 0 bridgehead atoms. The van der Waals surface area contributed by atoms with E-state index in [0.29, 0.717) is 11.7 Å². The van der Waals surface area contributed by atoms with E-state index in [4.69, 9.17) is 10.00 Å². The molecule has 0 aliphatic carbocycles. The SMILES string of the molecule is CCC(C#N)c1nccc(C2CCOCC2)n1. The van der Waals surface area contributed by atoms with Gasteiger partial charge in [0.1, 0.15) is 11.7 Å². The van der Waals surface area contributed by atoms with Gasteiger partial charge in [-0.3, -0.25) is 0 Å². The molecule has 0 spiro atoms. The van der Waals surface area contributed by atoms with Crippen molar-refractivity contribution in [2.75, 3.05) is 13.2 Å². The van der Waals surface area contributed by atoms with Crippen molar-refractivity contribution in [2.45, 2.75) is 38.0 Å². The highest BCUT2D eigenvalue weighted by molar-refractivity contribution is 5.14. The Morgan fingerprint density at radius 2 is 2.29 bits per heavy atom. The van der Waals surface area contributed by atoms with Gasteiger partial charge in [-0.25, -0.2) is 9.97 Å². The summed E-state index contributed by atoms with van der Waals surface area (Å²) >= 11 is 0. The van der Waals surface area contributed by atoms with Crippen molar-refractivity contribution in [3.8, 4) is 6.07 Å². The first-order valence-corrected chi connectivity index (χ1v) is 6.15. The molecule has 1 saturated heterocycles. The average molecular weight is 231 g/mol. The number of ether oxygens (including phenoxy) is 1. The predicted molar refractivity (Wildman–Crippen MR) is 63.5 cm³/mol. The Bertz CT molecular complexity index is 407. The van der Waals surface area contributed by atoms with Crippen LogP contribution in [0.25, 0.3) is 0 Å². The number of aromatic nitrogens is 2. The van der Waals surface area contributed by atoms with Crippen LogP contribution in [0.15, 0.2) is 12.3 Å². The molecule has 1 aromatic rings. The van der Waals surface area contributed by atoms with Gasteiger partial charge in [0.15, 0.2) is 0 Å². The van der Waals surface area contributed by atoms with Crippen molar-refractivity contribution in [2.24, 2.45) is 0 Å². The summed E-state index contributed by atoms with van der Waals surface area (Å²) in [7, 11) is 0.